The topological polar surface area (TPSA) is 64.6 Å². The molecule has 0 radical (unpaired) electrons. The van der Waals surface area contributed by atoms with Crippen LogP contribution in [0.25, 0.3) is 11.1 Å². The number of rotatable bonds is 9. The van der Waals surface area contributed by atoms with Crippen LogP contribution in [-0.2, 0) is 9.53 Å². The summed E-state index contributed by atoms with van der Waals surface area (Å²) in [6.45, 7) is 6.35. The van der Waals surface area contributed by atoms with Crippen molar-refractivity contribution in [3.63, 3.8) is 0 Å². The van der Waals surface area contributed by atoms with Gasteiger partial charge < -0.3 is 14.8 Å². The van der Waals surface area contributed by atoms with E-state index in [1.54, 1.807) is 24.4 Å². The Kier molecular flexibility index (Phi) is 8.00. The van der Waals surface area contributed by atoms with Crippen molar-refractivity contribution in [3.8, 4) is 16.9 Å². The molecule has 3 aromatic rings. The zero-order valence-corrected chi connectivity index (χ0v) is 19.2. The standard InChI is InChI=1S/C25H26FNO4S/c1-4-30-25(29)23-20(18-8-10-19(26)11-9-18)15-32-24(23)27-22(28)6-5-13-31-21-12-7-16(2)14-17(21)3/h7-12,14-15H,4-6,13H2,1-3H3,(H,27,28). The van der Waals surface area contributed by atoms with Crippen molar-refractivity contribution >= 4 is 28.2 Å². The molecule has 168 valence electrons. The average molecular weight is 456 g/mol. The minimum Gasteiger partial charge on any atom is -0.493 e. The summed E-state index contributed by atoms with van der Waals surface area (Å²) in [4.78, 5) is 25.1. The average Bonchev–Trinajstić information content (AvgIpc) is 3.16. The van der Waals surface area contributed by atoms with E-state index < -0.39 is 5.97 Å². The van der Waals surface area contributed by atoms with Gasteiger partial charge in [0.15, 0.2) is 0 Å². The predicted octanol–water partition coefficient (Wildman–Crippen LogP) is 6.15. The summed E-state index contributed by atoms with van der Waals surface area (Å²) in [6.07, 6.45) is 0.779. The molecule has 0 aliphatic rings. The molecule has 0 fully saturated rings. The monoisotopic (exact) mass is 455 g/mol. The minimum atomic E-state index is -0.526. The Balaban J connectivity index is 1.64. The third kappa shape index (κ3) is 5.95. The third-order valence-corrected chi connectivity index (χ3v) is 5.71. The first kappa shape index (κ1) is 23.5. The number of aryl methyl sites for hydroxylation is 2. The number of carbonyl (C=O) groups excluding carboxylic acids is 2. The quantitative estimate of drug-likeness (QED) is 0.311. The fourth-order valence-electron chi connectivity index (χ4n) is 3.26. The molecule has 5 nitrogen and oxygen atoms in total. The highest BCUT2D eigenvalue weighted by Crippen LogP contribution is 2.36. The van der Waals surface area contributed by atoms with Gasteiger partial charge in [0.2, 0.25) is 5.91 Å². The highest BCUT2D eigenvalue weighted by molar-refractivity contribution is 7.15. The van der Waals surface area contributed by atoms with Crippen LogP contribution in [0.4, 0.5) is 9.39 Å². The first-order valence-electron chi connectivity index (χ1n) is 10.4. The van der Waals surface area contributed by atoms with E-state index in [0.717, 1.165) is 11.3 Å². The predicted molar refractivity (Wildman–Crippen MR) is 125 cm³/mol. The lowest BCUT2D eigenvalue weighted by Gasteiger charge is -2.10. The summed E-state index contributed by atoms with van der Waals surface area (Å²) >= 11 is 1.24. The lowest BCUT2D eigenvalue weighted by atomic mass is 10.0. The van der Waals surface area contributed by atoms with Crippen molar-refractivity contribution in [1.82, 2.24) is 0 Å². The molecule has 1 heterocycles. The van der Waals surface area contributed by atoms with E-state index in [0.29, 0.717) is 29.2 Å². The lowest BCUT2D eigenvalue weighted by molar-refractivity contribution is -0.116. The van der Waals surface area contributed by atoms with Crippen LogP contribution in [0.15, 0.2) is 47.8 Å². The summed E-state index contributed by atoms with van der Waals surface area (Å²) in [5.41, 5.74) is 3.78. The largest absolute Gasteiger partial charge is 0.493 e. The maximum absolute atomic E-state index is 13.3. The lowest BCUT2D eigenvalue weighted by Crippen LogP contribution is -2.15. The van der Waals surface area contributed by atoms with Crippen LogP contribution >= 0.6 is 11.3 Å². The van der Waals surface area contributed by atoms with Gasteiger partial charge in [-0.25, -0.2) is 9.18 Å². The Labute approximate surface area is 191 Å². The SMILES string of the molecule is CCOC(=O)c1c(-c2ccc(F)cc2)csc1NC(=O)CCCOc1ccc(C)cc1C. The van der Waals surface area contributed by atoms with E-state index in [9.17, 15) is 14.0 Å². The number of halogens is 1. The summed E-state index contributed by atoms with van der Waals surface area (Å²) < 4.78 is 24.3. The van der Waals surface area contributed by atoms with Gasteiger partial charge in [0.1, 0.15) is 22.1 Å². The number of hydrogen-bond donors (Lipinski definition) is 1. The number of anilines is 1. The second-order valence-corrected chi connectivity index (χ2v) is 8.23. The van der Waals surface area contributed by atoms with Gasteiger partial charge >= 0.3 is 5.97 Å². The molecule has 0 spiro atoms. The minimum absolute atomic E-state index is 0.209. The van der Waals surface area contributed by atoms with Crippen molar-refractivity contribution in [2.75, 3.05) is 18.5 Å². The van der Waals surface area contributed by atoms with Crippen LogP contribution in [0.3, 0.4) is 0 Å². The van der Waals surface area contributed by atoms with Crippen LogP contribution in [0, 0.1) is 19.7 Å². The van der Waals surface area contributed by atoms with Crippen molar-refractivity contribution in [3.05, 3.63) is 70.4 Å². The maximum Gasteiger partial charge on any atom is 0.341 e. The van der Waals surface area contributed by atoms with Gasteiger partial charge in [-0.3, -0.25) is 4.79 Å². The van der Waals surface area contributed by atoms with Gasteiger partial charge in [0.25, 0.3) is 0 Å². The van der Waals surface area contributed by atoms with E-state index in [-0.39, 0.29) is 30.3 Å². The highest BCUT2D eigenvalue weighted by atomic mass is 32.1. The van der Waals surface area contributed by atoms with E-state index in [4.69, 9.17) is 9.47 Å². The number of thiophene rings is 1. The molecule has 0 unspecified atom stereocenters. The number of carbonyl (C=O) groups is 2. The van der Waals surface area contributed by atoms with E-state index >= 15 is 0 Å². The van der Waals surface area contributed by atoms with E-state index in [2.05, 4.69) is 11.4 Å². The zero-order chi connectivity index (χ0) is 23.1. The van der Waals surface area contributed by atoms with Crippen LogP contribution in [0.2, 0.25) is 0 Å². The molecule has 0 saturated heterocycles. The molecular weight excluding hydrogens is 429 g/mol. The summed E-state index contributed by atoms with van der Waals surface area (Å²) in [5, 5.41) is 5.00. The maximum atomic E-state index is 13.3. The second kappa shape index (κ2) is 10.9. The van der Waals surface area contributed by atoms with Gasteiger partial charge in [-0.2, -0.15) is 0 Å². The summed E-state index contributed by atoms with van der Waals surface area (Å²) in [7, 11) is 0. The first-order valence-corrected chi connectivity index (χ1v) is 11.3. The normalized spacial score (nSPS) is 10.6. The molecule has 0 atom stereocenters. The molecule has 1 amide bonds. The second-order valence-electron chi connectivity index (χ2n) is 7.35. The number of hydrogen-bond acceptors (Lipinski definition) is 5. The highest BCUT2D eigenvalue weighted by Gasteiger charge is 2.22. The fraction of sp³-hybridized carbons (Fsp3) is 0.280. The van der Waals surface area contributed by atoms with Gasteiger partial charge in [0.05, 0.1) is 13.2 Å². The number of ether oxygens (including phenoxy) is 2. The molecule has 3 rings (SSSR count). The molecule has 1 aromatic heterocycles. The Morgan fingerprint density at radius 3 is 2.53 bits per heavy atom. The van der Waals surface area contributed by atoms with Crippen molar-refractivity contribution < 1.29 is 23.5 Å². The number of amides is 1. The van der Waals surface area contributed by atoms with Gasteiger partial charge in [0, 0.05) is 17.4 Å². The molecule has 0 aliphatic carbocycles. The molecule has 32 heavy (non-hydrogen) atoms. The third-order valence-electron chi connectivity index (χ3n) is 4.81. The number of benzene rings is 2. The molecular formula is C25H26FNO4S. The molecule has 0 aliphatic heterocycles. The van der Waals surface area contributed by atoms with Gasteiger partial charge in [-0.05, 0) is 56.5 Å². The summed E-state index contributed by atoms with van der Waals surface area (Å²) in [5.74, 6) is -0.296. The van der Waals surface area contributed by atoms with Crippen LogP contribution in [0.5, 0.6) is 5.75 Å². The van der Waals surface area contributed by atoms with Gasteiger partial charge in [-0.15, -0.1) is 11.3 Å². The number of nitrogens with one attached hydrogen (secondary N) is 1. The first-order chi connectivity index (χ1) is 15.4. The Morgan fingerprint density at radius 2 is 1.84 bits per heavy atom. The Morgan fingerprint density at radius 1 is 1.09 bits per heavy atom. The smallest absolute Gasteiger partial charge is 0.341 e. The van der Waals surface area contributed by atoms with Crippen molar-refractivity contribution in [1.29, 1.82) is 0 Å². The fourth-order valence-corrected chi connectivity index (χ4v) is 4.24. The van der Waals surface area contributed by atoms with E-state index in [1.807, 2.05) is 26.0 Å². The molecule has 0 saturated carbocycles. The summed E-state index contributed by atoms with van der Waals surface area (Å²) in [6, 6.07) is 11.8. The van der Waals surface area contributed by atoms with Crippen molar-refractivity contribution in [2.24, 2.45) is 0 Å². The molecule has 2 aromatic carbocycles. The van der Waals surface area contributed by atoms with Gasteiger partial charge in [-0.1, -0.05) is 29.8 Å². The molecule has 1 N–H and O–H groups in total. The number of esters is 1. The Bertz CT molecular complexity index is 1090. The van der Waals surface area contributed by atoms with Crippen LogP contribution in [-0.4, -0.2) is 25.1 Å². The zero-order valence-electron chi connectivity index (χ0n) is 18.4. The molecule has 0 bridgehead atoms. The van der Waals surface area contributed by atoms with E-state index in [1.165, 1.54) is 29.0 Å². The van der Waals surface area contributed by atoms with Crippen LogP contribution in [0.1, 0.15) is 41.3 Å². The van der Waals surface area contributed by atoms with Crippen LogP contribution < -0.4 is 10.1 Å². The molecule has 7 heteroatoms. The Hall–Kier alpha value is -3.19. The van der Waals surface area contributed by atoms with Crippen molar-refractivity contribution in [2.45, 2.75) is 33.6 Å².